The van der Waals surface area contributed by atoms with Gasteiger partial charge in [0, 0.05) is 30.9 Å². The van der Waals surface area contributed by atoms with E-state index in [1.54, 1.807) is 46.0 Å². The quantitative estimate of drug-likeness (QED) is 0.801. The van der Waals surface area contributed by atoms with Gasteiger partial charge in [0.15, 0.2) is 11.6 Å². The fourth-order valence-corrected chi connectivity index (χ4v) is 2.94. The summed E-state index contributed by atoms with van der Waals surface area (Å²) in [7, 11) is 1.81. The number of carbonyl (C=O) groups excluding carboxylic acids is 1. The van der Waals surface area contributed by atoms with Crippen LogP contribution in [0.25, 0.3) is 5.82 Å². The van der Waals surface area contributed by atoms with E-state index in [9.17, 15) is 9.18 Å². The van der Waals surface area contributed by atoms with E-state index < -0.39 is 5.41 Å². The van der Waals surface area contributed by atoms with E-state index in [4.69, 9.17) is 0 Å². The molecule has 0 radical (unpaired) electrons. The second kappa shape index (κ2) is 5.30. The molecule has 0 unspecified atom stereocenters. The number of aryl methyl sites for hydroxylation is 1. The average molecular weight is 325 g/mol. The number of nitrogens with one attached hydrogen (secondary N) is 1. The standard InChI is InChI=1S/C17H16FN5O/c1-22-15(6-10-19-22)23-11-7-14(21-23)20-16(24)17(8-9-17)12-4-2-3-5-13(12)18/h2-7,10-11H,8-9H2,1H3,(H,20,21,24). The summed E-state index contributed by atoms with van der Waals surface area (Å²) in [5, 5.41) is 11.2. The molecule has 1 amide bonds. The fourth-order valence-electron chi connectivity index (χ4n) is 2.94. The molecule has 6 nitrogen and oxygen atoms in total. The summed E-state index contributed by atoms with van der Waals surface area (Å²) in [6, 6.07) is 9.98. The van der Waals surface area contributed by atoms with Crippen LogP contribution < -0.4 is 5.32 Å². The molecule has 0 atom stereocenters. The lowest BCUT2D eigenvalue weighted by Crippen LogP contribution is -2.29. The summed E-state index contributed by atoms with van der Waals surface area (Å²) < 4.78 is 17.4. The van der Waals surface area contributed by atoms with Crippen molar-refractivity contribution in [3.63, 3.8) is 0 Å². The van der Waals surface area contributed by atoms with Crippen molar-refractivity contribution < 1.29 is 9.18 Å². The normalized spacial score (nSPS) is 15.2. The van der Waals surface area contributed by atoms with Crippen LogP contribution in [0.1, 0.15) is 18.4 Å². The van der Waals surface area contributed by atoms with Crippen molar-refractivity contribution in [2.24, 2.45) is 7.05 Å². The van der Waals surface area contributed by atoms with Crippen molar-refractivity contribution in [1.82, 2.24) is 19.6 Å². The van der Waals surface area contributed by atoms with Crippen LogP contribution in [-0.2, 0) is 17.3 Å². The maximum absolute atomic E-state index is 14.0. The number of anilines is 1. The maximum atomic E-state index is 14.0. The van der Waals surface area contributed by atoms with E-state index in [1.807, 2.05) is 13.1 Å². The van der Waals surface area contributed by atoms with Crippen LogP contribution in [-0.4, -0.2) is 25.5 Å². The molecular weight excluding hydrogens is 309 g/mol. The Kier molecular flexibility index (Phi) is 3.23. The third-order valence-electron chi connectivity index (χ3n) is 4.43. The second-order valence-corrected chi connectivity index (χ2v) is 5.97. The lowest BCUT2D eigenvalue weighted by Gasteiger charge is -2.15. The molecule has 1 aromatic carbocycles. The van der Waals surface area contributed by atoms with Crippen molar-refractivity contribution >= 4 is 11.7 Å². The Morgan fingerprint density at radius 1 is 1.25 bits per heavy atom. The summed E-state index contributed by atoms with van der Waals surface area (Å²) >= 11 is 0. The summed E-state index contributed by atoms with van der Waals surface area (Å²) in [6.07, 6.45) is 4.70. The topological polar surface area (TPSA) is 64.7 Å². The molecule has 24 heavy (non-hydrogen) atoms. The van der Waals surface area contributed by atoms with Crippen LogP contribution in [0.4, 0.5) is 10.2 Å². The van der Waals surface area contributed by atoms with E-state index in [0.29, 0.717) is 24.2 Å². The highest BCUT2D eigenvalue weighted by Gasteiger charge is 2.52. The smallest absolute Gasteiger partial charge is 0.236 e. The predicted octanol–water partition coefficient (Wildman–Crippen LogP) is 2.42. The summed E-state index contributed by atoms with van der Waals surface area (Å²) in [5.41, 5.74) is -0.324. The molecule has 122 valence electrons. The maximum Gasteiger partial charge on any atom is 0.236 e. The number of nitrogens with zero attached hydrogens (tertiary/aromatic N) is 4. The van der Waals surface area contributed by atoms with Gasteiger partial charge in [-0.05, 0) is 18.9 Å². The van der Waals surface area contributed by atoms with Gasteiger partial charge in [-0.15, -0.1) is 5.10 Å². The lowest BCUT2D eigenvalue weighted by molar-refractivity contribution is -0.118. The van der Waals surface area contributed by atoms with Gasteiger partial charge in [-0.3, -0.25) is 9.48 Å². The average Bonchev–Trinajstić information content (AvgIpc) is 3.06. The number of aromatic nitrogens is 4. The molecule has 1 aliphatic carbocycles. The van der Waals surface area contributed by atoms with Crippen LogP contribution in [0.15, 0.2) is 48.8 Å². The summed E-state index contributed by atoms with van der Waals surface area (Å²) in [6.45, 7) is 0. The van der Waals surface area contributed by atoms with E-state index in [2.05, 4.69) is 15.5 Å². The minimum absolute atomic E-state index is 0.220. The van der Waals surface area contributed by atoms with Crippen molar-refractivity contribution in [1.29, 1.82) is 0 Å². The van der Waals surface area contributed by atoms with Gasteiger partial charge in [0.2, 0.25) is 5.91 Å². The van der Waals surface area contributed by atoms with Crippen molar-refractivity contribution in [3.8, 4) is 5.82 Å². The highest BCUT2D eigenvalue weighted by Crippen LogP contribution is 2.49. The zero-order chi connectivity index (χ0) is 16.7. The van der Waals surface area contributed by atoms with Gasteiger partial charge in [-0.1, -0.05) is 18.2 Å². The molecule has 0 aliphatic heterocycles. The van der Waals surface area contributed by atoms with Gasteiger partial charge in [-0.2, -0.15) is 5.10 Å². The molecule has 1 aliphatic rings. The highest BCUT2D eigenvalue weighted by atomic mass is 19.1. The summed E-state index contributed by atoms with van der Waals surface area (Å²) in [5.74, 6) is 0.656. The Balaban J connectivity index is 1.56. The van der Waals surface area contributed by atoms with Crippen molar-refractivity contribution in [2.45, 2.75) is 18.3 Å². The van der Waals surface area contributed by atoms with Crippen molar-refractivity contribution in [3.05, 3.63) is 60.2 Å². The Morgan fingerprint density at radius 2 is 2.04 bits per heavy atom. The second-order valence-electron chi connectivity index (χ2n) is 5.97. The first-order valence-electron chi connectivity index (χ1n) is 7.71. The zero-order valence-electron chi connectivity index (χ0n) is 13.1. The minimum atomic E-state index is -0.776. The molecule has 2 heterocycles. The molecule has 3 aromatic rings. The molecule has 1 saturated carbocycles. The van der Waals surface area contributed by atoms with Gasteiger partial charge in [0.25, 0.3) is 0 Å². The highest BCUT2D eigenvalue weighted by molar-refractivity contribution is 6.00. The van der Waals surface area contributed by atoms with Crippen LogP contribution in [0, 0.1) is 5.82 Å². The number of rotatable bonds is 4. The Labute approximate surface area is 137 Å². The van der Waals surface area contributed by atoms with Crippen molar-refractivity contribution in [2.75, 3.05) is 5.32 Å². The Hall–Kier alpha value is -2.96. The lowest BCUT2D eigenvalue weighted by atomic mass is 9.94. The molecule has 0 spiro atoms. The molecule has 0 saturated heterocycles. The largest absolute Gasteiger partial charge is 0.308 e. The fraction of sp³-hybridized carbons (Fsp3) is 0.235. The first-order chi connectivity index (χ1) is 11.6. The zero-order valence-corrected chi connectivity index (χ0v) is 13.1. The third kappa shape index (κ3) is 2.29. The number of hydrogen-bond acceptors (Lipinski definition) is 3. The van der Waals surface area contributed by atoms with Gasteiger partial charge < -0.3 is 5.32 Å². The molecule has 2 aromatic heterocycles. The monoisotopic (exact) mass is 325 g/mol. The van der Waals surface area contributed by atoms with E-state index in [-0.39, 0.29) is 11.7 Å². The number of hydrogen-bond donors (Lipinski definition) is 1. The van der Waals surface area contributed by atoms with Gasteiger partial charge in [0.05, 0.1) is 11.6 Å². The minimum Gasteiger partial charge on any atom is -0.308 e. The molecule has 1 fully saturated rings. The first kappa shape index (κ1) is 14.6. The Bertz CT molecular complexity index is 909. The first-order valence-corrected chi connectivity index (χ1v) is 7.71. The van der Waals surface area contributed by atoms with Crippen LogP contribution in [0.3, 0.4) is 0 Å². The molecule has 7 heteroatoms. The van der Waals surface area contributed by atoms with E-state index in [0.717, 1.165) is 5.82 Å². The van der Waals surface area contributed by atoms with E-state index in [1.165, 1.54) is 6.07 Å². The van der Waals surface area contributed by atoms with Crippen LogP contribution in [0.2, 0.25) is 0 Å². The molecular formula is C17H16FN5O. The third-order valence-corrected chi connectivity index (χ3v) is 4.43. The number of halogens is 1. The number of amides is 1. The van der Waals surface area contributed by atoms with E-state index >= 15 is 0 Å². The number of benzene rings is 1. The van der Waals surface area contributed by atoms with Crippen LogP contribution in [0.5, 0.6) is 0 Å². The van der Waals surface area contributed by atoms with Crippen LogP contribution >= 0.6 is 0 Å². The molecule has 4 rings (SSSR count). The van der Waals surface area contributed by atoms with Gasteiger partial charge in [-0.25, -0.2) is 9.07 Å². The van der Waals surface area contributed by atoms with Gasteiger partial charge >= 0.3 is 0 Å². The Morgan fingerprint density at radius 3 is 2.71 bits per heavy atom. The molecule has 1 N–H and O–H groups in total. The predicted molar refractivity (Wildman–Crippen MR) is 86.3 cm³/mol. The SMILES string of the molecule is Cn1nccc1-n1ccc(NC(=O)C2(c3ccccc3F)CC2)n1. The summed E-state index contributed by atoms with van der Waals surface area (Å²) in [4.78, 5) is 12.7. The molecule has 0 bridgehead atoms. The number of carbonyl (C=O) groups is 1. The van der Waals surface area contributed by atoms with Gasteiger partial charge in [0.1, 0.15) is 5.82 Å².